The van der Waals surface area contributed by atoms with Gasteiger partial charge in [0.25, 0.3) is 5.91 Å². The summed E-state index contributed by atoms with van der Waals surface area (Å²) >= 11 is 0. The summed E-state index contributed by atoms with van der Waals surface area (Å²) in [5.41, 5.74) is 0.560. The Morgan fingerprint density at radius 1 is 1.11 bits per heavy atom. The van der Waals surface area contributed by atoms with E-state index in [0.717, 1.165) is 0 Å². The Morgan fingerprint density at radius 2 is 1.82 bits per heavy atom. The molecule has 0 bridgehead atoms. The Bertz CT molecular complexity index is 871. The zero-order valence-corrected chi connectivity index (χ0v) is 15.8. The number of hydrogen-bond donors (Lipinski definition) is 2. The minimum Gasteiger partial charge on any atom is -0.495 e. The third-order valence-corrected chi connectivity index (χ3v) is 4.67. The summed E-state index contributed by atoms with van der Waals surface area (Å²) < 4.78 is 6.98. The molecule has 28 heavy (non-hydrogen) atoms. The predicted octanol–water partition coefficient (Wildman–Crippen LogP) is 2.29. The summed E-state index contributed by atoms with van der Waals surface area (Å²) in [7, 11) is 1.54. The van der Waals surface area contributed by atoms with Gasteiger partial charge < -0.3 is 15.0 Å². The number of carbonyl (C=O) groups excluding carboxylic acids is 3. The molecule has 0 unspecified atom stereocenters. The van der Waals surface area contributed by atoms with Crippen LogP contribution in [0.4, 0.5) is 16.3 Å². The molecular weight excluding hydrogens is 362 g/mol. The van der Waals surface area contributed by atoms with Crippen LogP contribution in [0.5, 0.6) is 5.75 Å². The fraction of sp³-hybridized carbons (Fsp3) is 0.368. The second kappa shape index (κ2) is 8.55. The van der Waals surface area contributed by atoms with Crippen molar-refractivity contribution in [3.63, 3.8) is 0 Å². The summed E-state index contributed by atoms with van der Waals surface area (Å²) in [6.07, 6.45) is 2.93. The molecule has 2 heterocycles. The topological polar surface area (TPSA) is 106 Å². The lowest BCUT2D eigenvalue weighted by molar-refractivity contribution is -0.144. The minimum atomic E-state index is -0.451. The van der Waals surface area contributed by atoms with Crippen LogP contribution in [0.15, 0.2) is 36.5 Å². The number of anilines is 2. The molecule has 0 spiro atoms. The third kappa shape index (κ3) is 4.30. The van der Waals surface area contributed by atoms with Crippen molar-refractivity contribution in [2.45, 2.75) is 25.8 Å². The number of carbonyl (C=O) groups is 3. The summed E-state index contributed by atoms with van der Waals surface area (Å²) in [5, 5.41) is 9.88. The van der Waals surface area contributed by atoms with Crippen molar-refractivity contribution in [3.05, 3.63) is 36.5 Å². The van der Waals surface area contributed by atoms with Crippen molar-refractivity contribution in [1.82, 2.24) is 14.7 Å². The third-order valence-electron chi connectivity index (χ3n) is 4.67. The van der Waals surface area contributed by atoms with Crippen molar-refractivity contribution in [2.24, 2.45) is 0 Å². The van der Waals surface area contributed by atoms with Crippen LogP contribution in [0.3, 0.4) is 0 Å². The minimum absolute atomic E-state index is 0.0348. The number of Topliss-reactive ketones (excluding diaryl/α,β-unsaturated/α-hetero) is 1. The van der Waals surface area contributed by atoms with Gasteiger partial charge in [0.1, 0.15) is 11.6 Å². The number of piperidine rings is 1. The Morgan fingerprint density at radius 3 is 2.50 bits per heavy atom. The molecule has 1 aromatic heterocycles. The first-order chi connectivity index (χ1) is 13.5. The van der Waals surface area contributed by atoms with E-state index in [-0.39, 0.29) is 6.04 Å². The average molecular weight is 385 g/mol. The van der Waals surface area contributed by atoms with Crippen molar-refractivity contribution >= 4 is 29.2 Å². The van der Waals surface area contributed by atoms with Gasteiger partial charge in [0.05, 0.1) is 25.0 Å². The van der Waals surface area contributed by atoms with E-state index in [1.165, 1.54) is 14.0 Å². The molecule has 9 nitrogen and oxygen atoms in total. The van der Waals surface area contributed by atoms with Crippen molar-refractivity contribution in [2.75, 3.05) is 30.8 Å². The van der Waals surface area contributed by atoms with Crippen LogP contribution < -0.4 is 15.4 Å². The summed E-state index contributed by atoms with van der Waals surface area (Å²) in [4.78, 5) is 37.0. The molecule has 3 amide bonds. The van der Waals surface area contributed by atoms with Gasteiger partial charge in [-0.1, -0.05) is 12.1 Å². The van der Waals surface area contributed by atoms with Crippen LogP contribution in [0.25, 0.3) is 0 Å². The number of methoxy groups -OCH3 is 1. The van der Waals surface area contributed by atoms with Gasteiger partial charge in [0.15, 0.2) is 0 Å². The summed E-state index contributed by atoms with van der Waals surface area (Å²) in [5.74, 6) is 0.221. The quantitative estimate of drug-likeness (QED) is 0.768. The molecule has 0 aliphatic carbocycles. The van der Waals surface area contributed by atoms with Crippen molar-refractivity contribution in [1.29, 1.82) is 0 Å². The second-order valence-corrected chi connectivity index (χ2v) is 6.52. The number of para-hydroxylation sites is 2. The van der Waals surface area contributed by atoms with E-state index < -0.39 is 17.7 Å². The highest BCUT2D eigenvalue weighted by molar-refractivity contribution is 6.35. The van der Waals surface area contributed by atoms with E-state index >= 15 is 0 Å². The molecule has 0 radical (unpaired) electrons. The molecule has 148 valence electrons. The lowest BCUT2D eigenvalue weighted by Crippen LogP contribution is -2.42. The van der Waals surface area contributed by atoms with Gasteiger partial charge in [-0.05, 0) is 25.0 Å². The Balaban J connectivity index is 1.62. The van der Waals surface area contributed by atoms with Crippen LogP contribution in [0.1, 0.15) is 25.8 Å². The number of nitrogens with zero attached hydrogens (tertiary/aromatic N) is 3. The van der Waals surface area contributed by atoms with Crippen molar-refractivity contribution in [3.8, 4) is 5.75 Å². The van der Waals surface area contributed by atoms with E-state index in [0.29, 0.717) is 43.2 Å². The highest BCUT2D eigenvalue weighted by atomic mass is 16.5. The lowest BCUT2D eigenvalue weighted by Gasteiger charge is -2.32. The molecular formula is C19H23N5O4. The standard InChI is InChI=1S/C19H23N5O4/c1-13(25)18(26)23-11-8-14(9-12-23)24-17(7-10-20-24)22-19(27)21-15-5-3-4-6-16(15)28-2/h3-7,10,14H,8-9,11-12H2,1-2H3,(H2,21,22,27). The average Bonchev–Trinajstić information content (AvgIpc) is 3.15. The van der Waals surface area contributed by atoms with Gasteiger partial charge in [0.2, 0.25) is 5.78 Å². The Kier molecular flexibility index (Phi) is 5.93. The molecule has 1 aliphatic heterocycles. The maximum atomic E-state index is 12.4. The molecule has 0 saturated carbocycles. The molecule has 3 rings (SSSR count). The summed E-state index contributed by atoms with van der Waals surface area (Å²) in [6.45, 7) is 2.25. The molecule has 1 saturated heterocycles. The number of aromatic nitrogens is 2. The van der Waals surface area contributed by atoms with Gasteiger partial charge >= 0.3 is 6.03 Å². The van der Waals surface area contributed by atoms with Crippen LogP contribution >= 0.6 is 0 Å². The first-order valence-corrected chi connectivity index (χ1v) is 9.04. The normalized spacial score (nSPS) is 14.4. The van der Waals surface area contributed by atoms with Gasteiger partial charge in [-0.3, -0.25) is 14.9 Å². The van der Waals surface area contributed by atoms with E-state index in [4.69, 9.17) is 4.74 Å². The van der Waals surface area contributed by atoms with E-state index in [1.54, 1.807) is 40.0 Å². The Hall–Kier alpha value is -3.36. The van der Waals surface area contributed by atoms with E-state index in [1.807, 2.05) is 6.07 Å². The zero-order valence-electron chi connectivity index (χ0n) is 15.8. The number of urea groups is 1. The van der Waals surface area contributed by atoms with E-state index in [9.17, 15) is 14.4 Å². The molecule has 1 aromatic carbocycles. The maximum absolute atomic E-state index is 12.4. The zero-order chi connectivity index (χ0) is 20.1. The highest BCUT2D eigenvalue weighted by Crippen LogP contribution is 2.26. The number of ether oxygens (including phenoxy) is 1. The smallest absolute Gasteiger partial charge is 0.324 e. The predicted molar refractivity (Wildman–Crippen MR) is 103 cm³/mol. The fourth-order valence-electron chi connectivity index (χ4n) is 3.26. The summed E-state index contributed by atoms with van der Waals surface area (Å²) in [6, 6.07) is 8.48. The fourth-order valence-corrected chi connectivity index (χ4v) is 3.26. The van der Waals surface area contributed by atoms with Crippen LogP contribution in [-0.2, 0) is 9.59 Å². The number of rotatable bonds is 5. The van der Waals surface area contributed by atoms with Crippen molar-refractivity contribution < 1.29 is 19.1 Å². The van der Waals surface area contributed by atoms with Gasteiger partial charge in [-0.25, -0.2) is 9.48 Å². The highest BCUT2D eigenvalue weighted by Gasteiger charge is 2.27. The van der Waals surface area contributed by atoms with Crippen LogP contribution in [0, 0.1) is 0 Å². The van der Waals surface area contributed by atoms with Crippen LogP contribution in [0.2, 0.25) is 0 Å². The number of benzene rings is 1. The SMILES string of the molecule is COc1ccccc1NC(=O)Nc1ccnn1C1CCN(C(=O)C(C)=O)CC1. The molecule has 9 heteroatoms. The number of ketones is 1. The van der Waals surface area contributed by atoms with Gasteiger partial charge in [-0.15, -0.1) is 0 Å². The number of amides is 3. The molecule has 0 atom stereocenters. The second-order valence-electron chi connectivity index (χ2n) is 6.52. The molecule has 1 fully saturated rings. The van der Waals surface area contributed by atoms with Gasteiger partial charge in [0, 0.05) is 26.1 Å². The largest absolute Gasteiger partial charge is 0.495 e. The Labute approximate surface area is 162 Å². The van der Waals surface area contributed by atoms with Crippen LogP contribution in [-0.4, -0.2) is 52.6 Å². The van der Waals surface area contributed by atoms with E-state index in [2.05, 4.69) is 15.7 Å². The monoisotopic (exact) mass is 385 g/mol. The number of hydrogen-bond acceptors (Lipinski definition) is 5. The first-order valence-electron chi connectivity index (χ1n) is 9.04. The lowest BCUT2D eigenvalue weighted by atomic mass is 10.0. The molecule has 2 aromatic rings. The maximum Gasteiger partial charge on any atom is 0.324 e. The first kappa shape index (κ1) is 19.4. The molecule has 1 aliphatic rings. The van der Waals surface area contributed by atoms with Gasteiger partial charge in [-0.2, -0.15) is 5.10 Å². The number of likely N-dealkylation sites (tertiary alicyclic amines) is 1. The number of nitrogens with one attached hydrogen (secondary N) is 2. The molecule has 2 N–H and O–H groups in total.